The zero-order valence-corrected chi connectivity index (χ0v) is 10.4. The van der Waals surface area contributed by atoms with Crippen molar-refractivity contribution in [2.24, 2.45) is 5.92 Å². The average Bonchev–Trinajstić information content (AvgIpc) is 2.81. The Bertz CT molecular complexity index is 387. The highest BCUT2D eigenvalue weighted by molar-refractivity contribution is 5.87. The van der Waals surface area contributed by atoms with Crippen LogP contribution >= 0.6 is 0 Å². The van der Waals surface area contributed by atoms with Gasteiger partial charge in [0.2, 0.25) is 0 Å². The second-order valence-corrected chi connectivity index (χ2v) is 5.82. The van der Waals surface area contributed by atoms with Crippen molar-refractivity contribution in [3.05, 3.63) is 12.2 Å². The van der Waals surface area contributed by atoms with E-state index in [9.17, 15) is 4.79 Å². The molecular formula is C13H18O4. The van der Waals surface area contributed by atoms with Gasteiger partial charge < -0.3 is 14.2 Å². The van der Waals surface area contributed by atoms with E-state index in [-0.39, 0.29) is 36.0 Å². The highest BCUT2D eigenvalue weighted by Gasteiger charge is 2.66. The van der Waals surface area contributed by atoms with Gasteiger partial charge in [-0.15, -0.1) is 0 Å². The maximum Gasteiger partial charge on any atom is 0.333 e. The first-order valence-corrected chi connectivity index (χ1v) is 6.10. The van der Waals surface area contributed by atoms with Gasteiger partial charge in [-0.2, -0.15) is 0 Å². The van der Waals surface area contributed by atoms with Crippen molar-refractivity contribution in [1.29, 1.82) is 0 Å². The summed E-state index contributed by atoms with van der Waals surface area (Å²) in [6.07, 6.45) is 0.653. The second-order valence-electron chi connectivity index (χ2n) is 5.82. The van der Waals surface area contributed by atoms with Gasteiger partial charge in [0.05, 0.1) is 17.8 Å². The monoisotopic (exact) mass is 238 g/mol. The van der Waals surface area contributed by atoms with Gasteiger partial charge in [0, 0.05) is 11.5 Å². The van der Waals surface area contributed by atoms with Gasteiger partial charge in [0.25, 0.3) is 0 Å². The van der Waals surface area contributed by atoms with Gasteiger partial charge in [0.1, 0.15) is 6.10 Å². The molecule has 17 heavy (non-hydrogen) atoms. The number of hydrogen-bond donors (Lipinski definition) is 0. The summed E-state index contributed by atoms with van der Waals surface area (Å²) in [5, 5.41) is 0. The van der Waals surface area contributed by atoms with Crippen LogP contribution in [0.3, 0.4) is 0 Å². The van der Waals surface area contributed by atoms with E-state index in [1.54, 1.807) is 6.92 Å². The third kappa shape index (κ3) is 1.47. The second kappa shape index (κ2) is 3.33. The normalized spacial score (nSPS) is 45.0. The fraction of sp³-hybridized carbons (Fsp3) is 0.769. The van der Waals surface area contributed by atoms with Gasteiger partial charge >= 0.3 is 5.97 Å². The molecule has 3 rings (SSSR count). The topological polar surface area (TPSA) is 44.8 Å². The SMILES string of the molecule is C=C(C)C(=O)OC1C2CC3C(O2)C1OC3(C)C. The molecule has 3 heterocycles. The number of rotatable bonds is 2. The summed E-state index contributed by atoms with van der Waals surface area (Å²) in [5.41, 5.74) is 0.246. The van der Waals surface area contributed by atoms with Crippen molar-refractivity contribution in [1.82, 2.24) is 0 Å². The van der Waals surface area contributed by atoms with Gasteiger partial charge in [-0.25, -0.2) is 4.79 Å². The molecule has 5 atom stereocenters. The van der Waals surface area contributed by atoms with E-state index < -0.39 is 0 Å². The Hall–Kier alpha value is -0.870. The van der Waals surface area contributed by atoms with Crippen LogP contribution in [0.2, 0.25) is 0 Å². The zero-order chi connectivity index (χ0) is 12.4. The predicted octanol–water partition coefficient (Wildman–Crippen LogP) is 1.44. The summed E-state index contributed by atoms with van der Waals surface area (Å²) < 4.78 is 17.3. The van der Waals surface area contributed by atoms with Crippen molar-refractivity contribution in [2.75, 3.05) is 0 Å². The van der Waals surface area contributed by atoms with E-state index >= 15 is 0 Å². The fourth-order valence-electron chi connectivity index (χ4n) is 3.27. The average molecular weight is 238 g/mol. The molecule has 3 aliphatic heterocycles. The van der Waals surface area contributed by atoms with Crippen molar-refractivity contribution in [2.45, 2.75) is 57.2 Å². The van der Waals surface area contributed by atoms with Crippen LogP contribution in [-0.2, 0) is 19.0 Å². The summed E-state index contributed by atoms with van der Waals surface area (Å²) in [6, 6.07) is 0. The molecule has 2 bridgehead atoms. The minimum absolute atomic E-state index is 0.0000694. The van der Waals surface area contributed by atoms with E-state index in [0.29, 0.717) is 11.5 Å². The van der Waals surface area contributed by atoms with Crippen molar-refractivity contribution in [3.8, 4) is 0 Å². The quantitative estimate of drug-likeness (QED) is 0.539. The minimum atomic E-state index is -0.351. The summed E-state index contributed by atoms with van der Waals surface area (Å²) in [6.45, 7) is 9.41. The number of ether oxygens (including phenoxy) is 3. The molecule has 3 saturated heterocycles. The summed E-state index contributed by atoms with van der Waals surface area (Å²) in [7, 11) is 0. The van der Waals surface area contributed by atoms with Crippen LogP contribution in [-0.4, -0.2) is 36.0 Å². The van der Waals surface area contributed by atoms with Crippen molar-refractivity contribution in [3.63, 3.8) is 0 Å². The standard InChI is InChI=1S/C13H18O4/c1-6(2)12(14)16-10-8-5-7-9(15-8)11(10)17-13(7,3)4/h7-11H,1,5H2,2-4H3. The largest absolute Gasteiger partial charge is 0.453 e. The zero-order valence-electron chi connectivity index (χ0n) is 10.4. The Labute approximate surface area is 101 Å². The lowest BCUT2D eigenvalue weighted by molar-refractivity contribution is -0.154. The van der Waals surface area contributed by atoms with Crippen LogP contribution in [0.5, 0.6) is 0 Å². The molecule has 4 heteroatoms. The molecule has 0 saturated carbocycles. The molecule has 0 N–H and O–H groups in total. The molecule has 0 spiro atoms. The molecule has 0 aliphatic carbocycles. The molecule has 94 valence electrons. The third-order valence-electron chi connectivity index (χ3n) is 4.15. The molecule has 0 aromatic carbocycles. The third-order valence-corrected chi connectivity index (χ3v) is 4.15. The fourth-order valence-corrected chi connectivity index (χ4v) is 3.27. The van der Waals surface area contributed by atoms with Crippen LogP contribution in [0, 0.1) is 5.92 Å². The lowest BCUT2D eigenvalue weighted by Crippen LogP contribution is -2.40. The lowest BCUT2D eigenvalue weighted by atomic mass is 9.80. The Kier molecular flexibility index (Phi) is 2.20. The number of hydrogen-bond acceptors (Lipinski definition) is 4. The summed E-state index contributed by atoms with van der Waals surface area (Å²) in [4.78, 5) is 11.6. The molecule has 3 aliphatic rings. The maximum absolute atomic E-state index is 11.6. The Morgan fingerprint density at radius 1 is 1.41 bits per heavy atom. The van der Waals surface area contributed by atoms with Crippen molar-refractivity contribution >= 4 is 5.97 Å². The van der Waals surface area contributed by atoms with Crippen LogP contribution in [0.15, 0.2) is 12.2 Å². The first kappa shape index (κ1) is 11.2. The highest BCUT2D eigenvalue weighted by atomic mass is 16.6. The van der Waals surface area contributed by atoms with Gasteiger partial charge in [-0.05, 0) is 27.2 Å². The van der Waals surface area contributed by atoms with E-state index in [1.165, 1.54) is 0 Å². The van der Waals surface area contributed by atoms with Crippen molar-refractivity contribution < 1.29 is 19.0 Å². The Balaban J connectivity index is 1.78. The molecule has 0 amide bonds. The Morgan fingerprint density at radius 2 is 2.12 bits per heavy atom. The lowest BCUT2D eigenvalue weighted by Gasteiger charge is -2.23. The molecular weight excluding hydrogens is 220 g/mol. The highest BCUT2D eigenvalue weighted by Crippen LogP contribution is 2.53. The van der Waals surface area contributed by atoms with E-state index in [1.807, 2.05) is 0 Å². The predicted molar refractivity (Wildman–Crippen MR) is 60.4 cm³/mol. The maximum atomic E-state index is 11.6. The minimum Gasteiger partial charge on any atom is -0.453 e. The smallest absolute Gasteiger partial charge is 0.333 e. The van der Waals surface area contributed by atoms with Gasteiger partial charge in [-0.3, -0.25) is 0 Å². The molecule has 3 fully saturated rings. The van der Waals surface area contributed by atoms with E-state index in [0.717, 1.165) is 6.42 Å². The number of carbonyl (C=O) groups excluding carboxylic acids is 1. The molecule has 0 radical (unpaired) electrons. The van der Waals surface area contributed by atoms with Crippen LogP contribution in [0.25, 0.3) is 0 Å². The number of carbonyl (C=O) groups is 1. The number of fused-ring (bicyclic) bond motifs is 1. The molecule has 0 aromatic rings. The van der Waals surface area contributed by atoms with Gasteiger partial charge in [0.15, 0.2) is 6.10 Å². The van der Waals surface area contributed by atoms with Crippen LogP contribution in [0.4, 0.5) is 0 Å². The summed E-state index contributed by atoms with van der Waals surface area (Å²) in [5.74, 6) is 0.0771. The number of esters is 1. The van der Waals surface area contributed by atoms with E-state index in [4.69, 9.17) is 14.2 Å². The first-order chi connectivity index (χ1) is 7.90. The Morgan fingerprint density at radius 3 is 2.76 bits per heavy atom. The molecule has 0 aromatic heterocycles. The van der Waals surface area contributed by atoms with Crippen LogP contribution in [0.1, 0.15) is 27.2 Å². The summed E-state index contributed by atoms with van der Waals surface area (Å²) >= 11 is 0. The van der Waals surface area contributed by atoms with Gasteiger partial charge in [-0.1, -0.05) is 6.58 Å². The van der Waals surface area contributed by atoms with Crippen LogP contribution < -0.4 is 0 Å². The van der Waals surface area contributed by atoms with E-state index in [2.05, 4.69) is 20.4 Å². The molecule has 4 nitrogen and oxygen atoms in total. The molecule has 5 unspecified atom stereocenters. The first-order valence-electron chi connectivity index (χ1n) is 6.10.